The molecule has 2 N–H and O–H groups in total. The maximum absolute atomic E-state index is 12.7. The molecule has 0 saturated carbocycles. The minimum Gasteiger partial charge on any atom is -0.340 e. The average molecular weight is 395 g/mol. The van der Waals surface area contributed by atoms with Crippen molar-refractivity contribution < 1.29 is 9.59 Å². The second-order valence-electron chi connectivity index (χ2n) is 6.83. The van der Waals surface area contributed by atoms with Gasteiger partial charge in [0.2, 0.25) is 11.0 Å². The monoisotopic (exact) mass is 394 g/mol. The molecule has 2 amide bonds. The second-order valence-corrected chi connectivity index (χ2v) is 7.81. The van der Waals surface area contributed by atoms with Gasteiger partial charge in [0.15, 0.2) is 0 Å². The molecule has 1 aromatic heterocycles. The number of benzene rings is 2. The Labute approximate surface area is 168 Å². The van der Waals surface area contributed by atoms with Gasteiger partial charge >= 0.3 is 0 Å². The molecule has 1 heterocycles. The van der Waals surface area contributed by atoms with Crippen molar-refractivity contribution in [1.29, 1.82) is 0 Å². The largest absolute Gasteiger partial charge is 0.340 e. The van der Waals surface area contributed by atoms with Crippen LogP contribution in [-0.4, -0.2) is 28.1 Å². The van der Waals surface area contributed by atoms with Crippen molar-refractivity contribution in [1.82, 2.24) is 15.5 Å². The maximum atomic E-state index is 12.7. The minimum absolute atomic E-state index is 0.0877. The summed E-state index contributed by atoms with van der Waals surface area (Å²) < 4.78 is 0. The summed E-state index contributed by atoms with van der Waals surface area (Å²) in [5.74, 6) is -0.679. The summed E-state index contributed by atoms with van der Waals surface area (Å²) in [6.45, 7) is 5.69. The van der Waals surface area contributed by atoms with Crippen molar-refractivity contribution >= 4 is 28.3 Å². The first-order valence-corrected chi connectivity index (χ1v) is 9.83. The van der Waals surface area contributed by atoms with Gasteiger partial charge in [0.1, 0.15) is 11.0 Å². The fourth-order valence-corrected chi connectivity index (χ4v) is 3.45. The van der Waals surface area contributed by atoms with E-state index in [0.717, 1.165) is 16.1 Å². The van der Waals surface area contributed by atoms with E-state index in [1.165, 1.54) is 11.3 Å². The molecule has 144 valence electrons. The number of rotatable bonds is 6. The van der Waals surface area contributed by atoms with Crippen molar-refractivity contribution in [3.8, 4) is 10.6 Å². The Morgan fingerprint density at radius 1 is 1.00 bits per heavy atom. The number of aryl methyl sites for hydroxylation is 1. The van der Waals surface area contributed by atoms with E-state index < -0.39 is 6.04 Å². The Balaban J connectivity index is 1.70. The molecular weight excluding hydrogens is 372 g/mol. The number of carbonyl (C=O) groups excluding carboxylic acids is 2. The molecule has 28 heavy (non-hydrogen) atoms. The quantitative estimate of drug-likeness (QED) is 0.664. The lowest BCUT2D eigenvalue weighted by Crippen LogP contribution is -2.47. The van der Waals surface area contributed by atoms with Crippen LogP contribution < -0.4 is 10.6 Å². The molecule has 0 saturated heterocycles. The molecule has 1 atom stereocenters. The SMILES string of the molecule is Cc1cccc(C(=O)NC(C(=O)Nc2nnc(-c3ccccc3)s2)C(C)C)c1. The van der Waals surface area contributed by atoms with Gasteiger partial charge in [0.25, 0.3) is 5.91 Å². The highest BCUT2D eigenvalue weighted by molar-refractivity contribution is 7.18. The van der Waals surface area contributed by atoms with Crippen molar-refractivity contribution in [2.24, 2.45) is 5.92 Å². The Kier molecular flexibility index (Phi) is 6.16. The molecular formula is C21H22N4O2S. The zero-order valence-corrected chi connectivity index (χ0v) is 16.8. The van der Waals surface area contributed by atoms with Crippen molar-refractivity contribution in [3.05, 3.63) is 65.7 Å². The lowest BCUT2D eigenvalue weighted by molar-refractivity contribution is -0.118. The predicted molar refractivity (Wildman–Crippen MR) is 111 cm³/mol. The van der Waals surface area contributed by atoms with Crippen LogP contribution in [0.3, 0.4) is 0 Å². The molecule has 0 spiro atoms. The Morgan fingerprint density at radius 3 is 2.43 bits per heavy atom. The summed E-state index contributed by atoms with van der Waals surface area (Å²) in [5.41, 5.74) is 2.45. The number of carbonyl (C=O) groups is 2. The van der Waals surface area contributed by atoms with Crippen molar-refractivity contribution in [2.45, 2.75) is 26.8 Å². The van der Waals surface area contributed by atoms with E-state index in [1.54, 1.807) is 12.1 Å². The van der Waals surface area contributed by atoms with Gasteiger partial charge in [-0.1, -0.05) is 73.2 Å². The Hall–Kier alpha value is -3.06. The third kappa shape index (κ3) is 4.80. The highest BCUT2D eigenvalue weighted by Gasteiger charge is 2.25. The van der Waals surface area contributed by atoms with E-state index in [-0.39, 0.29) is 17.7 Å². The lowest BCUT2D eigenvalue weighted by atomic mass is 10.0. The molecule has 3 aromatic rings. The standard InChI is InChI=1S/C21H22N4O2S/c1-13(2)17(22-18(26)16-11-7-8-14(3)12-16)19(27)23-21-25-24-20(28-21)15-9-5-4-6-10-15/h4-13,17H,1-3H3,(H,22,26)(H,23,25,27). The van der Waals surface area contributed by atoms with E-state index >= 15 is 0 Å². The van der Waals surface area contributed by atoms with Gasteiger partial charge in [-0.3, -0.25) is 14.9 Å². The van der Waals surface area contributed by atoms with Crippen LogP contribution in [0.4, 0.5) is 5.13 Å². The molecule has 0 bridgehead atoms. The summed E-state index contributed by atoms with van der Waals surface area (Å²) in [5, 5.41) is 14.9. The van der Waals surface area contributed by atoms with Gasteiger partial charge in [-0.05, 0) is 25.0 Å². The maximum Gasteiger partial charge on any atom is 0.251 e. The van der Waals surface area contributed by atoms with Crippen LogP contribution in [0, 0.1) is 12.8 Å². The minimum atomic E-state index is -0.683. The van der Waals surface area contributed by atoms with E-state index in [1.807, 2.05) is 63.2 Å². The third-order valence-electron chi connectivity index (χ3n) is 4.19. The summed E-state index contributed by atoms with van der Waals surface area (Å²) >= 11 is 1.29. The van der Waals surface area contributed by atoms with Crippen LogP contribution in [0.5, 0.6) is 0 Å². The molecule has 7 heteroatoms. The average Bonchev–Trinajstić information content (AvgIpc) is 3.14. The number of anilines is 1. The Morgan fingerprint density at radius 2 is 1.75 bits per heavy atom. The zero-order chi connectivity index (χ0) is 20.1. The predicted octanol–water partition coefficient (Wildman–Crippen LogP) is 3.91. The van der Waals surface area contributed by atoms with Crippen LogP contribution >= 0.6 is 11.3 Å². The molecule has 3 rings (SSSR count). The van der Waals surface area contributed by atoms with E-state index in [9.17, 15) is 9.59 Å². The molecule has 0 fully saturated rings. The summed E-state index contributed by atoms with van der Waals surface area (Å²) in [4.78, 5) is 25.3. The number of hydrogen-bond acceptors (Lipinski definition) is 5. The third-order valence-corrected chi connectivity index (χ3v) is 5.08. The second kappa shape index (κ2) is 8.75. The van der Waals surface area contributed by atoms with Gasteiger partial charge < -0.3 is 5.32 Å². The number of nitrogens with zero attached hydrogens (tertiary/aromatic N) is 2. The summed E-state index contributed by atoms with van der Waals surface area (Å²) in [6, 6.07) is 16.2. The van der Waals surface area contributed by atoms with E-state index in [2.05, 4.69) is 20.8 Å². The zero-order valence-electron chi connectivity index (χ0n) is 16.0. The van der Waals surface area contributed by atoms with Crippen LogP contribution in [0.1, 0.15) is 29.8 Å². The number of amides is 2. The number of nitrogens with one attached hydrogen (secondary N) is 2. The van der Waals surface area contributed by atoms with Gasteiger partial charge in [-0.2, -0.15) is 0 Å². The first-order valence-electron chi connectivity index (χ1n) is 9.01. The van der Waals surface area contributed by atoms with E-state index in [4.69, 9.17) is 0 Å². The van der Waals surface area contributed by atoms with Gasteiger partial charge in [-0.15, -0.1) is 10.2 Å². The Bertz CT molecular complexity index is 969. The van der Waals surface area contributed by atoms with Crippen molar-refractivity contribution in [3.63, 3.8) is 0 Å². The highest BCUT2D eigenvalue weighted by Crippen LogP contribution is 2.26. The van der Waals surface area contributed by atoms with E-state index in [0.29, 0.717) is 10.7 Å². The summed E-state index contributed by atoms with van der Waals surface area (Å²) in [7, 11) is 0. The molecule has 6 nitrogen and oxygen atoms in total. The molecule has 1 unspecified atom stereocenters. The number of aromatic nitrogens is 2. The molecule has 0 aliphatic rings. The van der Waals surface area contributed by atoms with Gasteiger partial charge in [0, 0.05) is 11.1 Å². The van der Waals surface area contributed by atoms with Crippen LogP contribution in [0.25, 0.3) is 10.6 Å². The highest BCUT2D eigenvalue weighted by atomic mass is 32.1. The molecule has 0 aliphatic carbocycles. The fourth-order valence-electron chi connectivity index (χ4n) is 2.70. The van der Waals surface area contributed by atoms with Gasteiger partial charge in [-0.25, -0.2) is 0 Å². The van der Waals surface area contributed by atoms with Crippen LogP contribution in [0.15, 0.2) is 54.6 Å². The smallest absolute Gasteiger partial charge is 0.251 e. The van der Waals surface area contributed by atoms with Crippen LogP contribution in [0.2, 0.25) is 0 Å². The first kappa shape index (κ1) is 19.7. The van der Waals surface area contributed by atoms with Crippen LogP contribution in [-0.2, 0) is 4.79 Å². The molecule has 2 aromatic carbocycles. The lowest BCUT2D eigenvalue weighted by Gasteiger charge is -2.21. The topological polar surface area (TPSA) is 84.0 Å². The molecule has 0 aliphatic heterocycles. The number of hydrogen-bond donors (Lipinski definition) is 2. The normalized spacial score (nSPS) is 11.9. The first-order chi connectivity index (χ1) is 13.4. The summed E-state index contributed by atoms with van der Waals surface area (Å²) in [6.07, 6.45) is 0. The van der Waals surface area contributed by atoms with Gasteiger partial charge in [0.05, 0.1) is 0 Å². The molecule has 0 radical (unpaired) electrons. The fraction of sp³-hybridized carbons (Fsp3) is 0.238. The van der Waals surface area contributed by atoms with Crippen molar-refractivity contribution in [2.75, 3.05) is 5.32 Å².